The van der Waals surface area contributed by atoms with Gasteiger partial charge in [-0.05, 0) is 44.2 Å². The molecule has 0 fully saturated rings. The highest BCUT2D eigenvalue weighted by Gasteiger charge is 2.14. The molecule has 1 aromatic carbocycles. The third kappa shape index (κ3) is 4.08. The third-order valence-electron chi connectivity index (χ3n) is 3.56. The van der Waals surface area contributed by atoms with Crippen LogP contribution in [0.3, 0.4) is 0 Å². The summed E-state index contributed by atoms with van der Waals surface area (Å²) in [6, 6.07) is 10.8. The number of rotatable bonds is 7. The topological polar surface area (TPSA) is 39.1 Å². The minimum atomic E-state index is 0.292. The lowest BCUT2D eigenvalue weighted by molar-refractivity contribution is 0.340. The van der Waals surface area contributed by atoms with Crippen LogP contribution in [0.4, 0.5) is 0 Å². The molecule has 0 saturated heterocycles. The van der Waals surface area contributed by atoms with E-state index in [0.29, 0.717) is 12.6 Å². The molecule has 4 heteroatoms. The lowest BCUT2D eigenvalue weighted by Crippen LogP contribution is -2.23. The monoisotopic (exact) mass is 287 g/mol. The number of benzene rings is 1. The zero-order valence-corrected chi connectivity index (χ0v) is 13.4. The molecule has 0 aliphatic carbocycles. The van der Waals surface area contributed by atoms with Crippen molar-refractivity contribution in [2.24, 2.45) is 7.05 Å². The molecule has 0 saturated carbocycles. The largest absolute Gasteiger partial charge is 0.494 e. The standard InChI is InChI=1S/C17H25N3O/c1-5-18-17(12-15-11-13(3)19-20(15)4)14-7-9-16(10-8-14)21-6-2/h7-11,17-18H,5-6,12H2,1-4H3. The van der Waals surface area contributed by atoms with Crippen LogP contribution in [-0.4, -0.2) is 22.9 Å². The van der Waals surface area contributed by atoms with E-state index in [1.807, 2.05) is 37.7 Å². The Morgan fingerprint density at radius 2 is 1.95 bits per heavy atom. The van der Waals surface area contributed by atoms with E-state index in [-0.39, 0.29) is 0 Å². The summed E-state index contributed by atoms with van der Waals surface area (Å²) in [5.41, 5.74) is 3.58. The van der Waals surface area contributed by atoms with Gasteiger partial charge in [0.2, 0.25) is 0 Å². The summed E-state index contributed by atoms with van der Waals surface area (Å²) >= 11 is 0. The maximum absolute atomic E-state index is 5.51. The van der Waals surface area contributed by atoms with Gasteiger partial charge >= 0.3 is 0 Å². The fourth-order valence-electron chi connectivity index (χ4n) is 2.58. The first kappa shape index (κ1) is 15.6. The molecule has 1 unspecified atom stereocenters. The van der Waals surface area contributed by atoms with Gasteiger partial charge in [-0.1, -0.05) is 19.1 Å². The van der Waals surface area contributed by atoms with E-state index in [4.69, 9.17) is 4.74 Å². The van der Waals surface area contributed by atoms with Crippen LogP contribution in [0.15, 0.2) is 30.3 Å². The van der Waals surface area contributed by atoms with Crippen molar-refractivity contribution in [3.63, 3.8) is 0 Å². The smallest absolute Gasteiger partial charge is 0.119 e. The van der Waals surface area contributed by atoms with Gasteiger partial charge in [0.15, 0.2) is 0 Å². The van der Waals surface area contributed by atoms with Gasteiger partial charge < -0.3 is 10.1 Å². The molecular weight excluding hydrogens is 262 g/mol. The molecule has 21 heavy (non-hydrogen) atoms. The summed E-state index contributed by atoms with van der Waals surface area (Å²) in [6.45, 7) is 7.80. The number of nitrogens with one attached hydrogen (secondary N) is 1. The van der Waals surface area contributed by atoms with E-state index in [1.54, 1.807) is 0 Å². The summed E-state index contributed by atoms with van der Waals surface area (Å²) in [4.78, 5) is 0. The normalized spacial score (nSPS) is 12.4. The van der Waals surface area contributed by atoms with Gasteiger partial charge in [0, 0.05) is 25.2 Å². The third-order valence-corrected chi connectivity index (χ3v) is 3.56. The van der Waals surface area contributed by atoms with Crippen molar-refractivity contribution in [3.05, 3.63) is 47.3 Å². The Balaban J connectivity index is 2.16. The summed E-state index contributed by atoms with van der Waals surface area (Å²) < 4.78 is 7.47. The van der Waals surface area contributed by atoms with Gasteiger partial charge in [-0.3, -0.25) is 4.68 Å². The maximum atomic E-state index is 5.51. The first-order valence-corrected chi connectivity index (χ1v) is 7.59. The molecule has 0 radical (unpaired) electrons. The Kier molecular flexibility index (Phi) is 5.39. The zero-order valence-electron chi connectivity index (χ0n) is 13.4. The summed E-state index contributed by atoms with van der Waals surface area (Å²) in [7, 11) is 2.00. The van der Waals surface area contributed by atoms with E-state index in [0.717, 1.165) is 24.4 Å². The van der Waals surface area contributed by atoms with Gasteiger partial charge in [-0.25, -0.2) is 0 Å². The SMILES string of the molecule is CCNC(Cc1cc(C)nn1C)c1ccc(OCC)cc1. The van der Waals surface area contributed by atoms with E-state index in [1.165, 1.54) is 11.3 Å². The van der Waals surface area contributed by atoms with E-state index in [9.17, 15) is 0 Å². The van der Waals surface area contributed by atoms with E-state index >= 15 is 0 Å². The van der Waals surface area contributed by atoms with Gasteiger partial charge in [0.1, 0.15) is 5.75 Å². The number of likely N-dealkylation sites (N-methyl/N-ethyl adjacent to an activating group) is 1. The van der Waals surface area contributed by atoms with Crippen molar-refractivity contribution in [1.29, 1.82) is 0 Å². The first-order valence-electron chi connectivity index (χ1n) is 7.59. The number of hydrogen-bond donors (Lipinski definition) is 1. The second-order valence-electron chi connectivity index (χ2n) is 5.22. The lowest BCUT2D eigenvalue weighted by Gasteiger charge is -2.19. The number of nitrogens with zero attached hydrogens (tertiary/aromatic N) is 2. The van der Waals surface area contributed by atoms with Crippen LogP contribution >= 0.6 is 0 Å². The summed E-state index contributed by atoms with van der Waals surface area (Å²) in [5, 5.41) is 7.98. The molecule has 2 rings (SSSR count). The van der Waals surface area contributed by atoms with Gasteiger partial charge in [-0.15, -0.1) is 0 Å². The van der Waals surface area contributed by atoms with Gasteiger partial charge in [0.25, 0.3) is 0 Å². The van der Waals surface area contributed by atoms with Crippen LogP contribution in [0.5, 0.6) is 5.75 Å². The molecule has 1 heterocycles. The molecule has 0 amide bonds. The van der Waals surface area contributed by atoms with E-state index in [2.05, 4.69) is 35.5 Å². The van der Waals surface area contributed by atoms with Crippen molar-refractivity contribution < 1.29 is 4.74 Å². The van der Waals surface area contributed by atoms with Gasteiger partial charge in [-0.2, -0.15) is 5.10 Å². The summed E-state index contributed by atoms with van der Waals surface area (Å²) in [5.74, 6) is 0.924. The highest BCUT2D eigenvalue weighted by atomic mass is 16.5. The summed E-state index contributed by atoms with van der Waals surface area (Å²) in [6.07, 6.45) is 0.930. The van der Waals surface area contributed by atoms with Crippen molar-refractivity contribution >= 4 is 0 Å². The Bertz CT molecular complexity index is 560. The van der Waals surface area contributed by atoms with Crippen molar-refractivity contribution in [2.45, 2.75) is 33.2 Å². The number of hydrogen-bond acceptors (Lipinski definition) is 3. The average molecular weight is 287 g/mol. The Hall–Kier alpha value is -1.81. The number of aromatic nitrogens is 2. The van der Waals surface area contributed by atoms with Crippen LogP contribution < -0.4 is 10.1 Å². The van der Waals surface area contributed by atoms with Crippen molar-refractivity contribution in [2.75, 3.05) is 13.2 Å². The predicted molar refractivity (Wildman–Crippen MR) is 85.7 cm³/mol. The molecule has 4 nitrogen and oxygen atoms in total. The quantitative estimate of drug-likeness (QED) is 0.851. The highest BCUT2D eigenvalue weighted by molar-refractivity contribution is 5.30. The molecule has 1 N–H and O–H groups in total. The molecule has 0 aliphatic rings. The van der Waals surface area contributed by atoms with Crippen LogP contribution in [0.25, 0.3) is 0 Å². The first-order chi connectivity index (χ1) is 10.1. The Labute approximate surface area is 127 Å². The minimum absolute atomic E-state index is 0.292. The molecule has 0 spiro atoms. The zero-order chi connectivity index (χ0) is 15.2. The maximum Gasteiger partial charge on any atom is 0.119 e. The fourth-order valence-corrected chi connectivity index (χ4v) is 2.58. The molecule has 0 aliphatic heterocycles. The Morgan fingerprint density at radius 3 is 2.48 bits per heavy atom. The number of ether oxygens (including phenoxy) is 1. The second kappa shape index (κ2) is 7.27. The minimum Gasteiger partial charge on any atom is -0.494 e. The Morgan fingerprint density at radius 1 is 1.24 bits per heavy atom. The van der Waals surface area contributed by atoms with Crippen molar-refractivity contribution in [1.82, 2.24) is 15.1 Å². The van der Waals surface area contributed by atoms with Crippen LogP contribution in [0.1, 0.15) is 36.8 Å². The van der Waals surface area contributed by atoms with Gasteiger partial charge in [0.05, 0.1) is 12.3 Å². The molecule has 2 aromatic rings. The molecule has 1 aromatic heterocycles. The van der Waals surface area contributed by atoms with Crippen LogP contribution in [0.2, 0.25) is 0 Å². The molecular formula is C17H25N3O. The predicted octanol–water partition coefficient (Wildman–Crippen LogP) is 3.02. The molecule has 1 atom stereocenters. The molecule has 114 valence electrons. The molecule has 0 bridgehead atoms. The van der Waals surface area contributed by atoms with E-state index < -0.39 is 0 Å². The highest BCUT2D eigenvalue weighted by Crippen LogP contribution is 2.21. The van der Waals surface area contributed by atoms with Crippen LogP contribution in [-0.2, 0) is 13.5 Å². The number of aryl methyl sites for hydroxylation is 2. The lowest BCUT2D eigenvalue weighted by atomic mass is 10.0. The fraction of sp³-hybridized carbons (Fsp3) is 0.471. The second-order valence-corrected chi connectivity index (χ2v) is 5.22. The van der Waals surface area contributed by atoms with Crippen LogP contribution in [0, 0.1) is 6.92 Å². The average Bonchev–Trinajstić information content (AvgIpc) is 2.78. The van der Waals surface area contributed by atoms with Crippen molar-refractivity contribution in [3.8, 4) is 5.75 Å².